The van der Waals surface area contributed by atoms with Gasteiger partial charge in [0.05, 0.1) is 9.37 Å². The standard InChI is InChI=1S/C21H18BrClN2O4S/c22-19-12-16(23)6-11-20(19)29-14-21(26)25-17-7-9-18(10-8-17)30(27,28)24-13-15-4-2-1-3-5-15/h1-12,24H,13-14H2,(H,25,26). The molecule has 156 valence electrons. The summed E-state index contributed by atoms with van der Waals surface area (Å²) in [5, 5.41) is 3.21. The zero-order valence-electron chi connectivity index (χ0n) is 15.6. The van der Waals surface area contributed by atoms with E-state index in [0.717, 1.165) is 5.56 Å². The smallest absolute Gasteiger partial charge is 0.262 e. The first-order valence-electron chi connectivity index (χ1n) is 8.85. The van der Waals surface area contributed by atoms with Gasteiger partial charge in [-0.05, 0) is 64.0 Å². The SMILES string of the molecule is O=C(COc1ccc(Cl)cc1Br)Nc1ccc(S(=O)(=O)NCc2ccccc2)cc1. The topological polar surface area (TPSA) is 84.5 Å². The molecule has 0 aliphatic rings. The number of nitrogens with one attached hydrogen (secondary N) is 2. The Hall–Kier alpha value is -2.39. The van der Waals surface area contributed by atoms with Crippen LogP contribution in [0.5, 0.6) is 5.75 Å². The summed E-state index contributed by atoms with van der Waals surface area (Å²) in [5.41, 5.74) is 1.32. The van der Waals surface area contributed by atoms with Gasteiger partial charge in [0.25, 0.3) is 5.91 Å². The molecule has 6 nitrogen and oxygen atoms in total. The lowest BCUT2D eigenvalue weighted by Gasteiger charge is -2.10. The Balaban J connectivity index is 1.55. The van der Waals surface area contributed by atoms with Crippen LogP contribution in [0.2, 0.25) is 5.02 Å². The van der Waals surface area contributed by atoms with E-state index in [0.29, 0.717) is 20.9 Å². The van der Waals surface area contributed by atoms with E-state index in [1.54, 1.807) is 18.2 Å². The summed E-state index contributed by atoms with van der Waals surface area (Å²) >= 11 is 9.18. The maximum absolute atomic E-state index is 12.4. The monoisotopic (exact) mass is 508 g/mol. The number of hydrogen-bond donors (Lipinski definition) is 2. The van der Waals surface area contributed by atoms with Crippen molar-refractivity contribution in [1.29, 1.82) is 0 Å². The second-order valence-corrected chi connectivity index (χ2v) is 9.30. The highest BCUT2D eigenvalue weighted by Crippen LogP contribution is 2.28. The van der Waals surface area contributed by atoms with Crippen LogP contribution in [-0.4, -0.2) is 20.9 Å². The van der Waals surface area contributed by atoms with Crippen LogP contribution in [0.15, 0.2) is 82.2 Å². The molecule has 0 aliphatic heterocycles. The molecule has 0 radical (unpaired) electrons. The molecule has 1 amide bonds. The van der Waals surface area contributed by atoms with Crippen molar-refractivity contribution in [2.75, 3.05) is 11.9 Å². The highest BCUT2D eigenvalue weighted by Gasteiger charge is 2.14. The van der Waals surface area contributed by atoms with Crippen LogP contribution in [0.25, 0.3) is 0 Å². The van der Waals surface area contributed by atoms with Crippen molar-refractivity contribution < 1.29 is 17.9 Å². The Morgan fingerprint density at radius 3 is 2.37 bits per heavy atom. The van der Waals surface area contributed by atoms with Gasteiger partial charge in [0.2, 0.25) is 10.0 Å². The molecule has 0 bridgehead atoms. The molecule has 9 heteroatoms. The van der Waals surface area contributed by atoms with E-state index >= 15 is 0 Å². The number of anilines is 1. The average molecular weight is 510 g/mol. The van der Waals surface area contributed by atoms with E-state index in [4.69, 9.17) is 16.3 Å². The predicted octanol–water partition coefficient (Wildman–Crippen LogP) is 4.60. The summed E-state index contributed by atoms with van der Waals surface area (Å²) in [4.78, 5) is 12.2. The summed E-state index contributed by atoms with van der Waals surface area (Å²) in [6.45, 7) is -0.0157. The molecule has 3 aromatic rings. The van der Waals surface area contributed by atoms with E-state index in [1.807, 2.05) is 30.3 Å². The number of hydrogen-bond acceptors (Lipinski definition) is 4. The number of rotatable bonds is 8. The highest BCUT2D eigenvalue weighted by atomic mass is 79.9. The molecule has 0 aromatic heterocycles. The molecule has 0 fully saturated rings. The van der Waals surface area contributed by atoms with Crippen molar-refractivity contribution in [3.8, 4) is 5.75 Å². The molecule has 0 atom stereocenters. The van der Waals surface area contributed by atoms with E-state index in [1.165, 1.54) is 24.3 Å². The third-order valence-electron chi connectivity index (χ3n) is 4.01. The van der Waals surface area contributed by atoms with Crippen molar-refractivity contribution in [1.82, 2.24) is 4.72 Å². The lowest BCUT2D eigenvalue weighted by molar-refractivity contribution is -0.118. The molecule has 30 heavy (non-hydrogen) atoms. The third kappa shape index (κ3) is 6.30. The first kappa shape index (κ1) is 22.3. The minimum Gasteiger partial charge on any atom is -0.483 e. The largest absolute Gasteiger partial charge is 0.483 e. The molecule has 3 rings (SSSR count). The summed E-state index contributed by atoms with van der Waals surface area (Å²) in [6.07, 6.45) is 0. The minimum atomic E-state index is -3.66. The second kappa shape index (κ2) is 10.1. The Kier molecular flexibility index (Phi) is 7.49. The zero-order valence-corrected chi connectivity index (χ0v) is 18.8. The van der Waals surface area contributed by atoms with Crippen LogP contribution < -0.4 is 14.8 Å². The van der Waals surface area contributed by atoms with E-state index in [2.05, 4.69) is 26.0 Å². The number of carbonyl (C=O) groups is 1. The van der Waals surface area contributed by atoms with Crippen molar-refractivity contribution in [3.05, 3.63) is 87.9 Å². The van der Waals surface area contributed by atoms with Crippen LogP contribution in [0.3, 0.4) is 0 Å². The second-order valence-electron chi connectivity index (χ2n) is 6.25. The van der Waals surface area contributed by atoms with Gasteiger partial charge < -0.3 is 10.1 Å². The van der Waals surface area contributed by atoms with Gasteiger partial charge in [0.15, 0.2) is 6.61 Å². The lowest BCUT2D eigenvalue weighted by Crippen LogP contribution is -2.23. The van der Waals surface area contributed by atoms with Crippen molar-refractivity contribution in [2.45, 2.75) is 11.4 Å². The first-order valence-corrected chi connectivity index (χ1v) is 11.5. The van der Waals surface area contributed by atoms with Crippen LogP contribution in [0.1, 0.15) is 5.56 Å². The molecule has 2 N–H and O–H groups in total. The highest BCUT2D eigenvalue weighted by molar-refractivity contribution is 9.10. The van der Waals surface area contributed by atoms with Gasteiger partial charge in [-0.2, -0.15) is 0 Å². The van der Waals surface area contributed by atoms with E-state index in [-0.39, 0.29) is 24.0 Å². The summed E-state index contributed by atoms with van der Waals surface area (Å²) in [7, 11) is -3.66. The minimum absolute atomic E-state index is 0.109. The summed E-state index contributed by atoms with van der Waals surface area (Å²) in [6, 6.07) is 20.1. The van der Waals surface area contributed by atoms with Crippen molar-refractivity contribution in [3.63, 3.8) is 0 Å². The Morgan fingerprint density at radius 2 is 1.70 bits per heavy atom. The molecular weight excluding hydrogens is 492 g/mol. The molecule has 3 aromatic carbocycles. The molecule has 0 saturated carbocycles. The van der Waals surface area contributed by atoms with Crippen molar-refractivity contribution >= 4 is 49.1 Å². The number of amides is 1. The van der Waals surface area contributed by atoms with Gasteiger partial charge in [-0.1, -0.05) is 41.9 Å². The van der Waals surface area contributed by atoms with Gasteiger partial charge in [-0.15, -0.1) is 0 Å². The molecule has 0 aliphatic carbocycles. The van der Waals surface area contributed by atoms with Crippen LogP contribution in [-0.2, 0) is 21.4 Å². The molecule has 0 unspecified atom stereocenters. The molecule has 0 saturated heterocycles. The van der Waals surface area contributed by atoms with Gasteiger partial charge in [-0.25, -0.2) is 13.1 Å². The van der Waals surface area contributed by atoms with E-state index < -0.39 is 10.0 Å². The number of ether oxygens (including phenoxy) is 1. The average Bonchev–Trinajstić information content (AvgIpc) is 2.73. The number of sulfonamides is 1. The van der Waals surface area contributed by atoms with Gasteiger partial charge >= 0.3 is 0 Å². The number of benzene rings is 3. The quantitative estimate of drug-likeness (QED) is 0.465. The first-order chi connectivity index (χ1) is 14.3. The molecular formula is C21H18BrClN2O4S. The summed E-state index contributed by atoms with van der Waals surface area (Å²) in [5.74, 6) is 0.107. The van der Waals surface area contributed by atoms with E-state index in [9.17, 15) is 13.2 Å². The maximum Gasteiger partial charge on any atom is 0.262 e. The van der Waals surface area contributed by atoms with Gasteiger partial charge in [0.1, 0.15) is 5.75 Å². The predicted molar refractivity (Wildman–Crippen MR) is 120 cm³/mol. The van der Waals surface area contributed by atoms with Crippen LogP contribution in [0.4, 0.5) is 5.69 Å². The van der Waals surface area contributed by atoms with Crippen LogP contribution in [0, 0.1) is 0 Å². The zero-order chi connectivity index (χ0) is 21.6. The maximum atomic E-state index is 12.4. The van der Waals surface area contributed by atoms with Gasteiger partial charge in [0, 0.05) is 17.3 Å². The number of carbonyl (C=O) groups excluding carboxylic acids is 1. The molecule has 0 heterocycles. The Morgan fingerprint density at radius 1 is 1.00 bits per heavy atom. The lowest BCUT2D eigenvalue weighted by atomic mass is 10.2. The normalized spacial score (nSPS) is 11.1. The molecule has 0 spiro atoms. The Bertz CT molecular complexity index is 1120. The third-order valence-corrected chi connectivity index (χ3v) is 6.28. The fourth-order valence-electron chi connectivity index (χ4n) is 2.51. The summed E-state index contributed by atoms with van der Waals surface area (Å²) < 4.78 is 33.5. The van der Waals surface area contributed by atoms with Crippen LogP contribution >= 0.6 is 27.5 Å². The fourth-order valence-corrected chi connectivity index (χ4v) is 4.32. The Labute approximate surface area is 188 Å². The number of halogens is 2. The van der Waals surface area contributed by atoms with Gasteiger partial charge in [-0.3, -0.25) is 4.79 Å². The fraction of sp³-hybridized carbons (Fsp3) is 0.0952. The van der Waals surface area contributed by atoms with Crippen molar-refractivity contribution in [2.24, 2.45) is 0 Å².